The Morgan fingerprint density at radius 3 is 2.33 bits per heavy atom. The van der Waals surface area contributed by atoms with Crippen LogP contribution >= 0.6 is 0 Å². The van der Waals surface area contributed by atoms with Crippen LogP contribution in [-0.2, 0) is 19.3 Å². The van der Waals surface area contributed by atoms with Crippen molar-refractivity contribution in [2.24, 2.45) is 0 Å². The fourth-order valence-corrected chi connectivity index (χ4v) is 5.85. The summed E-state index contributed by atoms with van der Waals surface area (Å²) in [5, 5.41) is 0. The number of carbonyl (C=O) groups excluding carboxylic acids is 1. The highest BCUT2D eigenvalue weighted by atomic mass is 32.2. The van der Waals surface area contributed by atoms with Gasteiger partial charge in [0.15, 0.2) is 9.84 Å². The van der Waals surface area contributed by atoms with E-state index in [-0.39, 0.29) is 34.4 Å². The zero-order valence-electron chi connectivity index (χ0n) is 19.4. The minimum absolute atomic E-state index is 0.00758. The zero-order valence-corrected chi connectivity index (χ0v) is 20.2. The first-order valence-corrected chi connectivity index (χ1v) is 13.5. The molecule has 0 radical (unpaired) electrons. The number of rotatable bonds is 6. The summed E-state index contributed by atoms with van der Waals surface area (Å²) in [4.78, 5) is 15.2. The Bertz CT molecular complexity index is 1040. The van der Waals surface area contributed by atoms with Crippen LogP contribution in [0, 0.1) is 0 Å². The second-order valence-corrected chi connectivity index (χ2v) is 11.2. The van der Waals surface area contributed by atoms with E-state index in [9.17, 15) is 13.2 Å². The molecule has 2 fully saturated rings. The molecule has 0 aliphatic carbocycles. The van der Waals surface area contributed by atoms with Crippen LogP contribution in [0.5, 0.6) is 0 Å². The number of hydrogen-bond acceptors (Lipinski definition) is 5. The van der Waals surface area contributed by atoms with Gasteiger partial charge in [0.05, 0.1) is 28.5 Å². The lowest BCUT2D eigenvalue weighted by molar-refractivity contribution is -0.190. The van der Waals surface area contributed by atoms with Crippen LogP contribution in [0.3, 0.4) is 0 Å². The van der Waals surface area contributed by atoms with Gasteiger partial charge in [-0.3, -0.25) is 4.79 Å². The van der Waals surface area contributed by atoms with Crippen LogP contribution in [-0.4, -0.2) is 56.4 Å². The lowest BCUT2D eigenvalue weighted by atomic mass is 9.80. The molecule has 2 aromatic carbocycles. The number of hydrogen-bond donors (Lipinski definition) is 0. The average Bonchev–Trinajstić information content (AvgIpc) is 2.85. The summed E-state index contributed by atoms with van der Waals surface area (Å²) in [6.45, 7) is 5.53. The third kappa shape index (κ3) is 5.31. The van der Waals surface area contributed by atoms with Gasteiger partial charge in [-0.2, -0.15) is 0 Å². The summed E-state index contributed by atoms with van der Waals surface area (Å²) in [7, 11) is -3.28. The number of benzene rings is 2. The summed E-state index contributed by atoms with van der Waals surface area (Å²) in [6, 6.07) is 16.6. The van der Waals surface area contributed by atoms with Crippen molar-refractivity contribution in [3.8, 4) is 0 Å². The van der Waals surface area contributed by atoms with Crippen molar-refractivity contribution < 1.29 is 22.7 Å². The molecule has 2 heterocycles. The molecule has 4 rings (SSSR count). The minimum Gasteiger partial charge on any atom is -0.378 e. The maximum atomic E-state index is 13.1. The number of piperidine rings is 1. The summed E-state index contributed by atoms with van der Waals surface area (Å²) in [5.74, 6) is -0.0247. The van der Waals surface area contributed by atoms with Gasteiger partial charge in [0.1, 0.15) is 0 Å². The van der Waals surface area contributed by atoms with E-state index in [1.807, 2.05) is 30.0 Å². The summed E-state index contributed by atoms with van der Waals surface area (Å²) < 4.78 is 36.8. The van der Waals surface area contributed by atoms with Crippen molar-refractivity contribution in [2.75, 3.05) is 25.4 Å². The summed E-state index contributed by atoms with van der Waals surface area (Å²) >= 11 is 0. The summed E-state index contributed by atoms with van der Waals surface area (Å²) in [5.41, 5.74) is 1.39. The van der Waals surface area contributed by atoms with E-state index in [0.717, 1.165) is 25.7 Å². The van der Waals surface area contributed by atoms with E-state index in [2.05, 4.69) is 12.1 Å². The molecule has 178 valence electrons. The first kappa shape index (κ1) is 23.9. The maximum Gasteiger partial charge on any atom is 0.253 e. The molecular weight excluding hydrogens is 438 g/mol. The van der Waals surface area contributed by atoms with E-state index in [4.69, 9.17) is 9.47 Å². The monoisotopic (exact) mass is 471 g/mol. The Kier molecular flexibility index (Phi) is 7.22. The van der Waals surface area contributed by atoms with Gasteiger partial charge < -0.3 is 14.4 Å². The van der Waals surface area contributed by atoms with E-state index in [1.165, 1.54) is 17.7 Å². The smallest absolute Gasteiger partial charge is 0.253 e. The second kappa shape index (κ2) is 9.95. The van der Waals surface area contributed by atoms with Crippen LogP contribution < -0.4 is 0 Å². The first-order chi connectivity index (χ1) is 15.9. The van der Waals surface area contributed by atoms with Gasteiger partial charge in [0.2, 0.25) is 0 Å². The predicted octanol–water partition coefficient (Wildman–Crippen LogP) is 4.41. The molecule has 1 spiro atoms. The lowest BCUT2D eigenvalue weighted by Crippen LogP contribution is -2.52. The van der Waals surface area contributed by atoms with Crippen LogP contribution in [0.15, 0.2) is 59.5 Å². The van der Waals surface area contributed by atoms with Crippen LogP contribution in [0.25, 0.3) is 0 Å². The van der Waals surface area contributed by atoms with Gasteiger partial charge >= 0.3 is 0 Å². The number of likely N-dealkylation sites (tertiary alicyclic amines) is 1. The van der Waals surface area contributed by atoms with Crippen molar-refractivity contribution in [3.63, 3.8) is 0 Å². The van der Waals surface area contributed by atoms with Gasteiger partial charge in [-0.15, -0.1) is 0 Å². The molecule has 2 saturated heterocycles. The molecule has 0 N–H and O–H groups in total. The SMILES string of the molecule is CCOC1CC(c2ccccc2)OC2(CCN(C(=O)c3ccc(S(=O)(=O)CC)cc3)CC2)C1. The number of amides is 1. The Morgan fingerprint density at radius 1 is 1.06 bits per heavy atom. The molecule has 2 aromatic rings. The van der Waals surface area contributed by atoms with Gasteiger partial charge in [-0.05, 0) is 49.6 Å². The van der Waals surface area contributed by atoms with Crippen LogP contribution in [0.4, 0.5) is 0 Å². The largest absolute Gasteiger partial charge is 0.378 e. The number of sulfone groups is 1. The molecule has 7 heteroatoms. The molecule has 0 bridgehead atoms. The Morgan fingerprint density at radius 2 is 1.73 bits per heavy atom. The topological polar surface area (TPSA) is 72.9 Å². The van der Waals surface area contributed by atoms with Crippen LogP contribution in [0.2, 0.25) is 0 Å². The van der Waals surface area contributed by atoms with Crippen LogP contribution in [0.1, 0.15) is 61.6 Å². The molecule has 2 aliphatic heterocycles. The lowest BCUT2D eigenvalue weighted by Gasteiger charge is -2.48. The third-order valence-corrected chi connectivity index (χ3v) is 8.60. The van der Waals surface area contributed by atoms with E-state index >= 15 is 0 Å². The molecule has 2 aliphatic rings. The fraction of sp³-hybridized carbons (Fsp3) is 0.500. The molecule has 0 aromatic heterocycles. The molecule has 2 unspecified atom stereocenters. The molecule has 1 amide bonds. The third-order valence-electron chi connectivity index (χ3n) is 6.84. The fourth-order valence-electron chi connectivity index (χ4n) is 4.96. The van der Waals surface area contributed by atoms with E-state index in [0.29, 0.717) is 25.3 Å². The Hall–Kier alpha value is -2.22. The van der Waals surface area contributed by atoms with E-state index in [1.54, 1.807) is 19.1 Å². The highest BCUT2D eigenvalue weighted by Crippen LogP contribution is 2.44. The highest BCUT2D eigenvalue weighted by Gasteiger charge is 2.45. The second-order valence-electron chi connectivity index (χ2n) is 8.94. The standard InChI is InChI=1S/C26H33NO5S/c1-3-31-22-18-24(20-8-6-5-7-9-20)32-26(19-22)14-16-27(17-15-26)25(28)21-10-12-23(13-11-21)33(29,30)4-2/h5-13,22,24H,3-4,14-19H2,1-2H3. The molecule has 2 atom stereocenters. The highest BCUT2D eigenvalue weighted by molar-refractivity contribution is 7.91. The number of nitrogens with zero attached hydrogens (tertiary/aromatic N) is 1. The average molecular weight is 472 g/mol. The number of ether oxygens (including phenoxy) is 2. The zero-order chi connectivity index (χ0) is 23.5. The predicted molar refractivity (Wildman–Crippen MR) is 127 cm³/mol. The van der Waals surface area contributed by atoms with Gasteiger partial charge in [-0.1, -0.05) is 37.3 Å². The van der Waals surface area contributed by atoms with Crippen molar-refractivity contribution in [3.05, 3.63) is 65.7 Å². The normalized spacial score (nSPS) is 22.9. The van der Waals surface area contributed by atoms with Crippen molar-refractivity contribution in [1.82, 2.24) is 4.90 Å². The molecule has 33 heavy (non-hydrogen) atoms. The van der Waals surface area contributed by atoms with E-state index < -0.39 is 9.84 Å². The molecule has 6 nitrogen and oxygen atoms in total. The summed E-state index contributed by atoms with van der Waals surface area (Å²) in [6.07, 6.45) is 3.34. The van der Waals surface area contributed by atoms with Gasteiger partial charge in [-0.25, -0.2) is 8.42 Å². The van der Waals surface area contributed by atoms with Gasteiger partial charge in [0, 0.05) is 38.1 Å². The molecule has 0 saturated carbocycles. The quantitative estimate of drug-likeness (QED) is 0.624. The van der Waals surface area contributed by atoms with Gasteiger partial charge in [0.25, 0.3) is 5.91 Å². The van der Waals surface area contributed by atoms with Crippen molar-refractivity contribution in [2.45, 2.75) is 62.2 Å². The minimum atomic E-state index is -3.28. The number of carbonyl (C=O) groups is 1. The Balaban J connectivity index is 1.44. The van der Waals surface area contributed by atoms with Crippen molar-refractivity contribution >= 4 is 15.7 Å². The molecular formula is C26H33NO5S. The maximum absolute atomic E-state index is 13.1. The Labute approximate surface area is 196 Å². The van der Waals surface area contributed by atoms with Crippen molar-refractivity contribution in [1.29, 1.82) is 0 Å². The first-order valence-electron chi connectivity index (χ1n) is 11.8.